The standard InChI is InChI=1S/C18H14N2O6S/c1-3-8-19-17(21)16(27-18(19)22)10-12-5-7-14(26-12)13-6-4-11(20(23)24)9-15(13)25-2/h3-7,9-10H,1,8H2,2H3/b16-10-. The summed E-state index contributed by atoms with van der Waals surface area (Å²) in [5, 5.41) is 10.5. The zero-order valence-corrected chi connectivity index (χ0v) is 15.0. The molecule has 1 aliphatic rings. The molecule has 8 nitrogen and oxygen atoms in total. The molecule has 0 saturated carbocycles. The number of non-ortho nitro benzene ring substituents is 1. The van der Waals surface area contributed by atoms with Gasteiger partial charge in [0.2, 0.25) is 0 Å². The van der Waals surface area contributed by atoms with Crippen LogP contribution in [0.3, 0.4) is 0 Å². The van der Waals surface area contributed by atoms with Gasteiger partial charge in [0.1, 0.15) is 17.3 Å². The van der Waals surface area contributed by atoms with Crippen LogP contribution in [0.25, 0.3) is 17.4 Å². The minimum Gasteiger partial charge on any atom is -0.496 e. The molecule has 0 N–H and O–H groups in total. The summed E-state index contributed by atoms with van der Waals surface area (Å²) in [5.74, 6) is 0.667. The first kappa shape index (κ1) is 18.5. The monoisotopic (exact) mass is 386 g/mol. The van der Waals surface area contributed by atoms with Gasteiger partial charge in [-0.2, -0.15) is 0 Å². The van der Waals surface area contributed by atoms with Gasteiger partial charge in [0.05, 0.1) is 28.6 Å². The van der Waals surface area contributed by atoms with Crippen molar-refractivity contribution in [3.63, 3.8) is 0 Å². The summed E-state index contributed by atoms with van der Waals surface area (Å²) < 4.78 is 10.9. The molecule has 27 heavy (non-hydrogen) atoms. The van der Waals surface area contributed by atoms with E-state index < -0.39 is 10.8 Å². The van der Waals surface area contributed by atoms with Crippen molar-refractivity contribution in [3.8, 4) is 17.1 Å². The van der Waals surface area contributed by atoms with Gasteiger partial charge in [0, 0.05) is 18.7 Å². The van der Waals surface area contributed by atoms with Gasteiger partial charge < -0.3 is 9.15 Å². The molecule has 3 rings (SSSR count). The Labute approximate surface area is 158 Å². The van der Waals surface area contributed by atoms with Crippen LogP contribution in [0.15, 0.2) is 52.3 Å². The zero-order chi connectivity index (χ0) is 19.6. The van der Waals surface area contributed by atoms with E-state index in [1.807, 2.05) is 0 Å². The summed E-state index contributed by atoms with van der Waals surface area (Å²) in [7, 11) is 1.40. The molecule has 9 heteroatoms. The molecule has 2 amide bonds. The maximum atomic E-state index is 12.2. The van der Waals surface area contributed by atoms with Gasteiger partial charge in [-0.1, -0.05) is 6.08 Å². The fourth-order valence-electron chi connectivity index (χ4n) is 2.49. The third-order valence-electron chi connectivity index (χ3n) is 3.75. The molecule has 1 fully saturated rings. The molecule has 2 aromatic rings. The molecule has 0 atom stereocenters. The Balaban J connectivity index is 1.90. The molecule has 1 aromatic heterocycles. The summed E-state index contributed by atoms with van der Waals surface area (Å²) in [6.07, 6.45) is 2.96. The van der Waals surface area contributed by atoms with Crippen molar-refractivity contribution in [1.29, 1.82) is 0 Å². The lowest BCUT2D eigenvalue weighted by molar-refractivity contribution is -0.384. The normalized spacial score (nSPS) is 15.4. The number of nitro benzene ring substituents is 1. The molecule has 138 valence electrons. The van der Waals surface area contributed by atoms with Gasteiger partial charge in [0.15, 0.2) is 0 Å². The number of nitrogens with zero attached hydrogens (tertiary/aromatic N) is 2. The van der Waals surface area contributed by atoms with E-state index in [1.165, 1.54) is 37.5 Å². The van der Waals surface area contributed by atoms with E-state index in [4.69, 9.17) is 9.15 Å². The molecule has 1 saturated heterocycles. The van der Waals surface area contributed by atoms with E-state index in [2.05, 4.69) is 6.58 Å². The van der Waals surface area contributed by atoms with Gasteiger partial charge in [-0.15, -0.1) is 6.58 Å². The number of carbonyl (C=O) groups excluding carboxylic acids is 2. The van der Waals surface area contributed by atoms with Crippen molar-refractivity contribution in [3.05, 3.63) is 63.8 Å². The smallest absolute Gasteiger partial charge is 0.293 e. The van der Waals surface area contributed by atoms with Crippen molar-refractivity contribution in [2.45, 2.75) is 0 Å². The molecule has 0 bridgehead atoms. The molecular weight excluding hydrogens is 372 g/mol. The highest BCUT2D eigenvalue weighted by Crippen LogP contribution is 2.36. The number of furan rings is 1. The number of imide groups is 1. The Morgan fingerprint density at radius 3 is 2.78 bits per heavy atom. The Morgan fingerprint density at radius 1 is 1.33 bits per heavy atom. The first-order valence-corrected chi connectivity index (χ1v) is 8.55. The summed E-state index contributed by atoms with van der Waals surface area (Å²) in [4.78, 5) is 35.8. The van der Waals surface area contributed by atoms with Crippen LogP contribution in [-0.4, -0.2) is 34.6 Å². The van der Waals surface area contributed by atoms with Gasteiger partial charge >= 0.3 is 0 Å². The second kappa shape index (κ2) is 7.50. The number of ether oxygens (including phenoxy) is 1. The summed E-state index contributed by atoms with van der Waals surface area (Å²) >= 11 is 0.826. The highest BCUT2D eigenvalue weighted by Gasteiger charge is 2.34. The van der Waals surface area contributed by atoms with Crippen LogP contribution < -0.4 is 4.74 Å². The SMILES string of the molecule is C=CCN1C(=O)S/C(=C\c2ccc(-c3ccc([N+](=O)[O-])cc3OC)o2)C1=O. The third kappa shape index (κ3) is 3.63. The average Bonchev–Trinajstić information content (AvgIpc) is 3.21. The fourth-order valence-corrected chi connectivity index (χ4v) is 3.32. The van der Waals surface area contributed by atoms with Crippen molar-refractivity contribution < 1.29 is 23.7 Å². The topological polar surface area (TPSA) is 103 Å². The number of hydrogen-bond donors (Lipinski definition) is 0. The number of thioether (sulfide) groups is 1. The van der Waals surface area contributed by atoms with Gasteiger partial charge in [0.25, 0.3) is 16.8 Å². The molecule has 0 aliphatic carbocycles. The van der Waals surface area contributed by atoms with Crippen molar-refractivity contribution >= 4 is 34.7 Å². The molecule has 2 heterocycles. The van der Waals surface area contributed by atoms with Gasteiger partial charge in [-0.25, -0.2) is 0 Å². The van der Waals surface area contributed by atoms with Crippen LogP contribution in [-0.2, 0) is 4.79 Å². The van der Waals surface area contributed by atoms with Gasteiger partial charge in [-0.05, 0) is 30.0 Å². The number of nitro groups is 1. The third-order valence-corrected chi connectivity index (χ3v) is 4.65. The molecular formula is C18H14N2O6S. The number of benzene rings is 1. The highest BCUT2D eigenvalue weighted by molar-refractivity contribution is 8.18. The second-order valence-electron chi connectivity index (χ2n) is 5.42. The van der Waals surface area contributed by atoms with E-state index in [0.29, 0.717) is 17.1 Å². The minimum atomic E-state index is -0.515. The molecule has 1 aliphatic heterocycles. The van der Waals surface area contributed by atoms with E-state index in [0.717, 1.165) is 16.7 Å². The van der Waals surface area contributed by atoms with Crippen molar-refractivity contribution in [2.75, 3.05) is 13.7 Å². The van der Waals surface area contributed by atoms with Crippen molar-refractivity contribution in [1.82, 2.24) is 4.90 Å². The summed E-state index contributed by atoms with van der Waals surface area (Å²) in [6, 6.07) is 7.47. The minimum absolute atomic E-state index is 0.0988. The fraction of sp³-hybridized carbons (Fsp3) is 0.111. The predicted molar refractivity (Wildman–Crippen MR) is 100 cm³/mol. The largest absolute Gasteiger partial charge is 0.496 e. The van der Waals surface area contributed by atoms with E-state index in [-0.39, 0.29) is 28.1 Å². The molecule has 0 spiro atoms. The van der Waals surface area contributed by atoms with Crippen molar-refractivity contribution in [2.24, 2.45) is 0 Å². The Kier molecular flexibility index (Phi) is 5.13. The van der Waals surface area contributed by atoms with Crippen LogP contribution in [0.4, 0.5) is 10.5 Å². The van der Waals surface area contributed by atoms with E-state index >= 15 is 0 Å². The number of carbonyl (C=O) groups is 2. The first-order valence-electron chi connectivity index (χ1n) is 7.73. The Bertz CT molecular complexity index is 978. The predicted octanol–water partition coefficient (Wildman–Crippen LogP) is 4.09. The average molecular weight is 386 g/mol. The quantitative estimate of drug-likeness (QED) is 0.319. The summed E-state index contributed by atoms with van der Waals surface area (Å²) in [5.41, 5.74) is 0.431. The van der Waals surface area contributed by atoms with Crippen LogP contribution in [0.2, 0.25) is 0 Å². The van der Waals surface area contributed by atoms with Crippen LogP contribution >= 0.6 is 11.8 Å². The lowest BCUT2D eigenvalue weighted by atomic mass is 10.1. The van der Waals surface area contributed by atoms with Crippen LogP contribution in [0.1, 0.15) is 5.76 Å². The molecule has 1 aromatic carbocycles. The van der Waals surface area contributed by atoms with E-state index in [1.54, 1.807) is 12.1 Å². The number of methoxy groups -OCH3 is 1. The number of amides is 2. The molecule has 0 unspecified atom stereocenters. The number of rotatable bonds is 6. The molecule has 0 radical (unpaired) electrons. The first-order chi connectivity index (χ1) is 12.9. The lowest BCUT2D eigenvalue weighted by Crippen LogP contribution is -2.27. The maximum Gasteiger partial charge on any atom is 0.293 e. The van der Waals surface area contributed by atoms with Crippen LogP contribution in [0.5, 0.6) is 5.75 Å². The Morgan fingerprint density at radius 2 is 2.11 bits per heavy atom. The van der Waals surface area contributed by atoms with Gasteiger partial charge in [-0.3, -0.25) is 24.6 Å². The zero-order valence-electron chi connectivity index (χ0n) is 14.2. The van der Waals surface area contributed by atoms with Crippen LogP contribution in [0, 0.1) is 10.1 Å². The van der Waals surface area contributed by atoms with E-state index in [9.17, 15) is 19.7 Å². The lowest BCUT2D eigenvalue weighted by Gasteiger charge is -2.07. The number of hydrogen-bond acceptors (Lipinski definition) is 7. The maximum absolute atomic E-state index is 12.2. The Hall–Kier alpha value is -3.33. The summed E-state index contributed by atoms with van der Waals surface area (Å²) in [6.45, 7) is 3.67. The highest BCUT2D eigenvalue weighted by atomic mass is 32.2. The second-order valence-corrected chi connectivity index (χ2v) is 6.42.